The molecule has 124 valence electrons. The molecule has 0 unspecified atom stereocenters. The lowest BCUT2D eigenvalue weighted by Crippen LogP contribution is -2.38. The van der Waals surface area contributed by atoms with E-state index < -0.39 is 0 Å². The van der Waals surface area contributed by atoms with Gasteiger partial charge in [0, 0.05) is 31.2 Å². The monoisotopic (exact) mass is 330 g/mol. The number of aliphatic imine (C=N–C) groups is 1. The van der Waals surface area contributed by atoms with Crippen LogP contribution in [0.25, 0.3) is 0 Å². The van der Waals surface area contributed by atoms with Gasteiger partial charge in [-0.3, -0.25) is 4.99 Å². The summed E-state index contributed by atoms with van der Waals surface area (Å²) in [6.45, 7) is 3.88. The van der Waals surface area contributed by atoms with E-state index in [1.165, 1.54) is 10.6 Å². The predicted molar refractivity (Wildman–Crippen MR) is 99.3 cm³/mol. The van der Waals surface area contributed by atoms with Gasteiger partial charge in [-0.1, -0.05) is 30.3 Å². The minimum absolute atomic E-state index is 0.881. The molecule has 1 aromatic heterocycles. The molecule has 0 spiro atoms. The summed E-state index contributed by atoms with van der Waals surface area (Å²) < 4.78 is 0. The maximum Gasteiger partial charge on any atom is 0.190 e. The predicted octanol–water partition coefficient (Wildman–Crippen LogP) is 3.18. The summed E-state index contributed by atoms with van der Waals surface area (Å²) >= 11 is 1.76. The average Bonchev–Trinajstić information content (AvgIpc) is 2.99. The van der Waals surface area contributed by atoms with E-state index >= 15 is 0 Å². The number of hydrogen-bond acceptors (Lipinski definition) is 3. The number of aromatic nitrogens is 1. The quantitative estimate of drug-likeness (QED) is 0.444. The maximum absolute atomic E-state index is 4.49. The number of hydrogen-bond donors (Lipinski definition) is 2. The molecule has 0 saturated carbocycles. The molecule has 0 aliphatic rings. The largest absolute Gasteiger partial charge is 0.356 e. The molecule has 2 N–H and O–H groups in total. The summed E-state index contributed by atoms with van der Waals surface area (Å²) in [5.41, 5.74) is 2.47. The van der Waals surface area contributed by atoms with Crippen molar-refractivity contribution in [1.29, 1.82) is 0 Å². The highest BCUT2D eigenvalue weighted by molar-refractivity contribution is 7.09. The van der Waals surface area contributed by atoms with Crippen molar-refractivity contribution in [2.24, 2.45) is 4.99 Å². The van der Waals surface area contributed by atoms with Crippen LogP contribution in [-0.2, 0) is 12.8 Å². The van der Waals surface area contributed by atoms with Gasteiger partial charge in [0.2, 0.25) is 0 Å². The van der Waals surface area contributed by atoms with E-state index in [1.807, 2.05) is 20.0 Å². The smallest absolute Gasteiger partial charge is 0.190 e. The van der Waals surface area contributed by atoms with Crippen molar-refractivity contribution in [1.82, 2.24) is 15.6 Å². The van der Waals surface area contributed by atoms with Gasteiger partial charge in [0.05, 0.1) is 5.01 Å². The van der Waals surface area contributed by atoms with Crippen LogP contribution in [-0.4, -0.2) is 31.1 Å². The standard InChI is InChI=1S/C18H26N4S/c1-15-14-23-17(22-15)10-6-7-12-20-18(19-2)21-13-11-16-8-4-3-5-9-16/h3-5,8-9,14H,6-7,10-13H2,1-2H3,(H2,19,20,21). The highest BCUT2D eigenvalue weighted by atomic mass is 32.1. The summed E-state index contributed by atoms with van der Waals surface area (Å²) in [4.78, 5) is 8.75. The lowest BCUT2D eigenvalue weighted by molar-refractivity contribution is 0.691. The van der Waals surface area contributed by atoms with E-state index in [1.54, 1.807) is 11.3 Å². The second kappa shape index (κ2) is 10.0. The van der Waals surface area contributed by atoms with Crippen molar-refractivity contribution in [3.63, 3.8) is 0 Å². The Morgan fingerprint density at radius 3 is 2.57 bits per heavy atom. The molecule has 0 bridgehead atoms. The number of nitrogens with one attached hydrogen (secondary N) is 2. The SMILES string of the molecule is CN=C(NCCCCc1nc(C)cs1)NCCc1ccccc1. The van der Waals surface area contributed by atoms with Gasteiger partial charge in [0.25, 0.3) is 0 Å². The summed E-state index contributed by atoms with van der Waals surface area (Å²) in [7, 11) is 1.82. The van der Waals surface area contributed by atoms with Crippen molar-refractivity contribution < 1.29 is 0 Å². The lowest BCUT2D eigenvalue weighted by atomic mass is 10.1. The van der Waals surface area contributed by atoms with Gasteiger partial charge in [-0.2, -0.15) is 0 Å². The number of thiazole rings is 1. The summed E-state index contributed by atoms with van der Waals surface area (Å²) in [5.74, 6) is 0.881. The van der Waals surface area contributed by atoms with Gasteiger partial charge in [-0.15, -0.1) is 11.3 Å². The summed E-state index contributed by atoms with van der Waals surface area (Å²) in [6.07, 6.45) is 4.35. The van der Waals surface area contributed by atoms with E-state index in [4.69, 9.17) is 0 Å². The minimum atomic E-state index is 0.881. The Balaban J connectivity index is 1.56. The third-order valence-corrected chi connectivity index (χ3v) is 4.58. The summed E-state index contributed by atoms with van der Waals surface area (Å²) in [6, 6.07) is 10.5. The number of benzene rings is 1. The summed E-state index contributed by atoms with van der Waals surface area (Å²) in [5, 5.41) is 10.1. The zero-order valence-corrected chi connectivity index (χ0v) is 14.8. The van der Waals surface area contributed by atoms with Crippen LogP contribution < -0.4 is 10.6 Å². The number of nitrogens with zero attached hydrogens (tertiary/aromatic N) is 2. The number of aryl methyl sites for hydroxylation is 2. The highest BCUT2D eigenvalue weighted by Gasteiger charge is 2.00. The fourth-order valence-electron chi connectivity index (χ4n) is 2.32. The van der Waals surface area contributed by atoms with E-state index in [2.05, 4.69) is 50.3 Å². The lowest BCUT2D eigenvalue weighted by Gasteiger charge is -2.11. The van der Waals surface area contributed by atoms with Crippen LogP contribution in [0.5, 0.6) is 0 Å². The Labute approximate surface area is 143 Å². The van der Waals surface area contributed by atoms with Gasteiger partial charge in [-0.05, 0) is 38.2 Å². The Kier molecular flexibility index (Phi) is 7.60. The normalized spacial score (nSPS) is 11.5. The molecule has 0 atom stereocenters. The fourth-order valence-corrected chi connectivity index (χ4v) is 3.13. The van der Waals surface area contributed by atoms with Gasteiger partial charge in [0.15, 0.2) is 5.96 Å². The molecule has 0 aliphatic heterocycles. The molecule has 0 amide bonds. The van der Waals surface area contributed by atoms with E-state index in [0.717, 1.165) is 50.4 Å². The van der Waals surface area contributed by atoms with Gasteiger partial charge < -0.3 is 10.6 Å². The van der Waals surface area contributed by atoms with Gasteiger partial charge >= 0.3 is 0 Å². The zero-order chi connectivity index (χ0) is 16.3. The van der Waals surface area contributed by atoms with Crippen LogP contribution in [0.2, 0.25) is 0 Å². The molecule has 0 radical (unpaired) electrons. The topological polar surface area (TPSA) is 49.3 Å². The third kappa shape index (κ3) is 6.82. The van der Waals surface area contributed by atoms with Crippen LogP contribution >= 0.6 is 11.3 Å². The molecule has 2 aromatic rings. The third-order valence-electron chi connectivity index (χ3n) is 3.55. The van der Waals surface area contributed by atoms with Gasteiger partial charge in [-0.25, -0.2) is 4.98 Å². The van der Waals surface area contributed by atoms with E-state index in [0.29, 0.717) is 0 Å². The molecule has 0 saturated heterocycles. The maximum atomic E-state index is 4.49. The fraction of sp³-hybridized carbons (Fsp3) is 0.444. The molecule has 2 rings (SSSR count). The van der Waals surface area contributed by atoms with Crippen molar-refractivity contribution in [2.45, 2.75) is 32.6 Å². The molecule has 4 nitrogen and oxygen atoms in total. The molecular weight excluding hydrogens is 304 g/mol. The second-order valence-corrected chi connectivity index (χ2v) is 6.44. The number of guanidine groups is 1. The van der Waals surface area contributed by atoms with Crippen LogP contribution in [0.3, 0.4) is 0 Å². The zero-order valence-electron chi connectivity index (χ0n) is 14.0. The van der Waals surface area contributed by atoms with Crippen LogP contribution in [0.15, 0.2) is 40.7 Å². The van der Waals surface area contributed by atoms with Crippen LogP contribution in [0.1, 0.15) is 29.1 Å². The first-order valence-electron chi connectivity index (χ1n) is 8.17. The van der Waals surface area contributed by atoms with Crippen molar-refractivity contribution >= 4 is 17.3 Å². The molecule has 1 heterocycles. The molecule has 1 aromatic carbocycles. The van der Waals surface area contributed by atoms with Crippen LogP contribution in [0.4, 0.5) is 0 Å². The molecule has 23 heavy (non-hydrogen) atoms. The highest BCUT2D eigenvalue weighted by Crippen LogP contribution is 2.11. The Morgan fingerprint density at radius 2 is 1.87 bits per heavy atom. The van der Waals surface area contributed by atoms with Crippen molar-refractivity contribution in [3.05, 3.63) is 52.0 Å². The van der Waals surface area contributed by atoms with Crippen LogP contribution in [0, 0.1) is 6.92 Å². The number of unbranched alkanes of at least 4 members (excludes halogenated alkanes) is 1. The molecule has 5 heteroatoms. The first kappa shape index (κ1) is 17.5. The Bertz CT molecular complexity index is 592. The van der Waals surface area contributed by atoms with Gasteiger partial charge in [0.1, 0.15) is 0 Å². The van der Waals surface area contributed by atoms with Crippen molar-refractivity contribution in [2.75, 3.05) is 20.1 Å². The first-order valence-corrected chi connectivity index (χ1v) is 9.05. The molecule has 0 fully saturated rings. The second-order valence-electron chi connectivity index (χ2n) is 5.50. The number of rotatable bonds is 8. The van der Waals surface area contributed by atoms with E-state index in [9.17, 15) is 0 Å². The Hall–Kier alpha value is -1.88. The molecule has 0 aliphatic carbocycles. The Morgan fingerprint density at radius 1 is 1.09 bits per heavy atom. The average molecular weight is 331 g/mol. The molecular formula is C18H26N4S. The van der Waals surface area contributed by atoms with E-state index in [-0.39, 0.29) is 0 Å². The first-order chi connectivity index (χ1) is 11.3. The van der Waals surface area contributed by atoms with Crippen molar-refractivity contribution in [3.8, 4) is 0 Å². The minimum Gasteiger partial charge on any atom is -0.356 e.